The number of amides is 1. The van der Waals surface area contributed by atoms with Gasteiger partial charge in [0, 0.05) is 45.1 Å². The molecule has 0 spiro atoms. The van der Waals surface area contributed by atoms with E-state index in [2.05, 4.69) is 9.88 Å². The molecule has 1 aromatic heterocycles. The van der Waals surface area contributed by atoms with E-state index in [1.54, 1.807) is 7.11 Å². The lowest BCUT2D eigenvalue weighted by Crippen LogP contribution is -2.48. The predicted octanol–water partition coefficient (Wildman–Crippen LogP) is 3.91. The van der Waals surface area contributed by atoms with Crippen molar-refractivity contribution in [2.75, 3.05) is 38.2 Å². The van der Waals surface area contributed by atoms with E-state index in [0.29, 0.717) is 25.4 Å². The molecule has 0 N–H and O–H groups in total. The van der Waals surface area contributed by atoms with Gasteiger partial charge in [-0.25, -0.2) is 13.8 Å². The first-order valence-electron chi connectivity index (χ1n) is 10.1. The topological polar surface area (TPSA) is 58.8 Å². The van der Waals surface area contributed by atoms with E-state index in [9.17, 15) is 13.6 Å². The van der Waals surface area contributed by atoms with Crippen LogP contribution in [0.3, 0.4) is 0 Å². The Bertz CT molecular complexity index is 1060. The molecule has 1 aliphatic rings. The number of piperazine rings is 1. The third-order valence-corrected chi connectivity index (χ3v) is 5.36. The number of oxazole rings is 1. The average molecular weight is 427 g/mol. The van der Waals surface area contributed by atoms with Crippen LogP contribution in [0, 0.1) is 11.6 Å². The van der Waals surface area contributed by atoms with Crippen molar-refractivity contribution in [2.45, 2.75) is 12.8 Å². The van der Waals surface area contributed by atoms with Gasteiger partial charge in [0.25, 0.3) is 0 Å². The molecule has 0 bridgehead atoms. The van der Waals surface area contributed by atoms with Crippen molar-refractivity contribution in [3.63, 3.8) is 0 Å². The number of aromatic nitrogens is 1. The summed E-state index contributed by atoms with van der Waals surface area (Å²) in [5, 5.41) is 0. The summed E-state index contributed by atoms with van der Waals surface area (Å²) < 4.78 is 38.0. The van der Waals surface area contributed by atoms with Crippen molar-refractivity contribution in [3.05, 3.63) is 66.2 Å². The fourth-order valence-electron chi connectivity index (χ4n) is 3.70. The van der Waals surface area contributed by atoms with Crippen molar-refractivity contribution >= 4 is 11.6 Å². The Morgan fingerprint density at radius 1 is 1.13 bits per heavy atom. The lowest BCUT2D eigenvalue weighted by molar-refractivity contribution is -0.131. The summed E-state index contributed by atoms with van der Waals surface area (Å²) in [6.45, 7) is 2.68. The molecule has 31 heavy (non-hydrogen) atoms. The number of methoxy groups -OCH3 is 1. The lowest BCUT2D eigenvalue weighted by atomic mass is 10.2. The molecule has 1 aliphatic heterocycles. The molecule has 8 heteroatoms. The Hall–Kier alpha value is -3.42. The van der Waals surface area contributed by atoms with Crippen LogP contribution in [-0.2, 0) is 11.2 Å². The Morgan fingerprint density at radius 3 is 2.65 bits per heavy atom. The Labute approximate surface area is 179 Å². The number of para-hydroxylation sites is 2. The van der Waals surface area contributed by atoms with E-state index in [1.807, 2.05) is 29.2 Å². The summed E-state index contributed by atoms with van der Waals surface area (Å²) in [7, 11) is 1.65. The second-order valence-electron chi connectivity index (χ2n) is 7.28. The number of anilines is 1. The first-order chi connectivity index (χ1) is 15.0. The van der Waals surface area contributed by atoms with Crippen LogP contribution in [0.25, 0.3) is 11.3 Å². The normalized spacial score (nSPS) is 14.0. The molecular weight excluding hydrogens is 404 g/mol. The molecule has 162 valence electrons. The Morgan fingerprint density at radius 2 is 1.90 bits per heavy atom. The largest absolute Gasteiger partial charge is 0.495 e. The maximum absolute atomic E-state index is 13.9. The molecule has 1 saturated heterocycles. The van der Waals surface area contributed by atoms with Gasteiger partial charge >= 0.3 is 0 Å². The summed E-state index contributed by atoms with van der Waals surface area (Å²) in [5.41, 5.74) is 1.16. The number of benzene rings is 2. The van der Waals surface area contributed by atoms with Crippen molar-refractivity contribution in [3.8, 4) is 17.1 Å². The molecule has 0 unspecified atom stereocenters. The number of hydrogen-bond acceptors (Lipinski definition) is 5. The number of halogens is 2. The van der Waals surface area contributed by atoms with Gasteiger partial charge in [-0.2, -0.15) is 0 Å². The van der Waals surface area contributed by atoms with Crippen LogP contribution >= 0.6 is 0 Å². The minimum Gasteiger partial charge on any atom is -0.495 e. The number of carbonyl (C=O) groups is 1. The first-order valence-corrected chi connectivity index (χ1v) is 10.1. The highest BCUT2D eigenvalue weighted by Crippen LogP contribution is 2.28. The molecule has 0 atom stereocenters. The quantitative estimate of drug-likeness (QED) is 0.597. The molecule has 2 aromatic carbocycles. The zero-order chi connectivity index (χ0) is 21.8. The number of rotatable bonds is 6. The lowest BCUT2D eigenvalue weighted by Gasteiger charge is -2.36. The number of hydrogen-bond donors (Lipinski definition) is 0. The molecule has 1 amide bonds. The summed E-state index contributed by atoms with van der Waals surface area (Å²) in [6, 6.07) is 11.1. The highest BCUT2D eigenvalue weighted by molar-refractivity contribution is 5.76. The van der Waals surface area contributed by atoms with Crippen molar-refractivity contribution < 1.29 is 22.7 Å². The van der Waals surface area contributed by atoms with Crippen LogP contribution < -0.4 is 9.64 Å². The molecule has 4 rings (SSSR count). The molecule has 6 nitrogen and oxygen atoms in total. The van der Waals surface area contributed by atoms with Gasteiger partial charge in [-0.05, 0) is 24.3 Å². The van der Waals surface area contributed by atoms with Gasteiger partial charge in [0.1, 0.15) is 17.4 Å². The number of carbonyl (C=O) groups excluding carboxylic acids is 1. The predicted molar refractivity (Wildman–Crippen MR) is 112 cm³/mol. The Kier molecular flexibility index (Phi) is 6.16. The van der Waals surface area contributed by atoms with Crippen LogP contribution in [0.5, 0.6) is 5.75 Å². The maximum Gasteiger partial charge on any atom is 0.223 e. The number of aryl methyl sites for hydroxylation is 1. The molecule has 3 aromatic rings. The van der Waals surface area contributed by atoms with Crippen LogP contribution in [-0.4, -0.2) is 49.1 Å². The standard InChI is InChI=1S/C23H23F2N3O3/c1-30-20-5-3-2-4-19(20)27-10-12-28(13-11-27)23(29)9-8-22-26-15-21(31-22)17-7-6-16(24)14-18(17)25/h2-7,14-15H,8-13H2,1H3. The fourth-order valence-corrected chi connectivity index (χ4v) is 3.70. The summed E-state index contributed by atoms with van der Waals surface area (Å²) in [5.74, 6) is 0.0288. The summed E-state index contributed by atoms with van der Waals surface area (Å²) >= 11 is 0. The third kappa shape index (κ3) is 4.68. The minimum atomic E-state index is -0.716. The maximum atomic E-state index is 13.9. The van der Waals surface area contributed by atoms with E-state index in [0.717, 1.165) is 36.7 Å². The highest BCUT2D eigenvalue weighted by Gasteiger charge is 2.23. The molecule has 2 heterocycles. The fraction of sp³-hybridized carbons (Fsp3) is 0.304. The third-order valence-electron chi connectivity index (χ3n) is 5.36. The second kappa shape index (κ2) is 9.16. The Balaban J connectivity index is 1.31. The van der Waals surface area contributed by atoms with E-state index in [4.69, 9.17) is 9.15 Å². The van der Waals surface area contributed by atoms with Gasteiger partial charge in [0.15, 0.2) is 11.7 Å². The molecule has 0 aliphatic carbocycles. The zero-order valence-electron chi connectivity index (χ0n) is 17.2. The van der Waals surface area contributed by atoms with Crippen LogP contribution in [0.15, 0.2) is 53.1 Å². The van der Waals surface area contributed by atoms with Gasteiger partial charge in [0.05, 0.1) is 24.6 Å². The number of ether oxygens (including phenoxy) is 1. The van der Waals surface area contributed by atoms with Crippen molar-refractivity contribution in [1.29, 1.82) is 0 Å². The van der Waals surface area contributed by atoms with Gasteiger partial charge in [-0.15, -0.1) is 0 Å². The van der Waals surface area contributed by atoms with Gasteiger partial charge in [-0.3, -0.25) is 4.79 Å². The van der Waals surface area contributed by atoms with E-state index >= 15 is 0 Å². The average Bonchev–Trinajstić information content (AvgIpc) is 3.26. The van der Waals surface area contributed by atoms with Crippen molar-refractivity contribution in [2.24, 2.45) is 0 Å². The van der Waals surface area contributed by atoms with E-state index in [1.165, 1.54) is 12.3 Å². The smallest absolute Gasteiger partial charge is 0.223 e. The SMILES string of the molecule is COc1ccccc1N1CCN(C(=O)CCc2ncc(-c3ccc(F)cc3F)o2)CC1. The van der Waals surface area contributed by atoms with Gasteiger partial charge in [0.2, 0.25) is 5.91 Å². The molecular formula is C23H23F2N3O3. The van der Waals surface area contributed by atoms with Crippen molar-refractivity contribution in [1.82, 2.24) is 9.88 Å². The second-order valence-corrected chi connectivity index (χ2v) is 7.28. The van der Waals surface area contributed by atoms with E-state index < -0.39 is 11.6 Å². The molecule has 0 radical (unpaired) electrons. The number of nitrogens with zero attached hydrogens (tertiary/aromatic N) is 3. The zero-order valence-corrected chi connectivity index (χ0v) is 17.2. The highest BCUT2D eigenvalue weighted by atomic mass is 19.1. The molecule has 0 saturated carbocycles. The first kappa shape index (κ1) is 20.8. The van der Waals surface area contributed by atoms with Crippen LogP contribution in [0.2, 0.25) is 0 Å². The monoisotopic (exact) mass is 427 g/mol. The summed E-state index contributed by atoms with van der Waals surface area (Å²) in [4.78, 5) is 20.8. The van der Waals surface area contributed by atoms with Gasteiger partial charge in [-0.1, -0.05) is 12.1 Å². The van der Waals surface area contributed by atoms with E-state index in [-0.39, 0.29) is 23.7 Å². The minimum absolute atomic E-state index is 0.0207. The van der Waals surface area contributed by atoms with Crippen LogP contribution in [0.4, 0.5) is 14.5 Å². The van der Waals surface area contributed by atoms with Crippen LogP contribution in [0.1, 0.15) is 12.3 Å². The van der Waals surface area contributed by atoms with Gasteiger partial charge < -0.3 is 19.0 Å². The molecule has 1 fully saturated rings. The summed E-state index contributed by atoms with van der Waals surface area (Å²) in [6.07, 6.45) is 1.96.